The average Bonchev–Trinajstić information content (AvgIpc) is 3.42. The number of hydrogen-bond acceptors (Lipinski definition) is 5. The maximum absolute atomic E-state index is 12.8. The molecule has 0 bridgehead atoms. The molecule has 0 atom stereocenters. The molecule has 3 aromatic carbocycles. The van der Waals surface area contributed by atoms with E-state index in [1.54, 1.807) is 60.7 Å². The van der Waals surface area contributed by atoms with Crippen LogP contribution in [0.2, 0.25) is 0 Å². The minimum absolute atomic E-state index is 0.232. The van der Waals surface area contributed by atoms with Gasteiger partial charge in [-0.2, -0.15) is 0 Å². The van der Waals surface area contributed by atoms with E-state index in [4.69, 9.17) is 9.47 Å². The summed E-state index contributed by atoms with van der Waals surface area (Å²) in [5.41, 5.74) is 2.50. The summed E-state index contributed by atoms with van der Waals surface area (Å²) in [4.78, 5) is 38.0. The van der Waals surface area contributed by atoms with Gasteiger partial charge in [-0.1, -0.05) is 36.4 Å². The van der Waals surface area contributed by atoms with Gasteiger partial charge in [0.05, 0.1) is 24.6 Å². The van der Waals surface area contributed by atoms with Crippen LogP contribution in [0.5, 0.6) is 0 Å². The molecule has 3 aromatic rings. The minimum atomic E-state index is -1.63. The number of rotatable bonds is 4. The lowest BCUT2D eigenvalue weighted by Crippen LogP contribution is -2.35. The van der Waals surface area contributed by atoms with Gasteiger partial charge in [0.1, 0.15) is 0 Å². The van der Waals surface area contributed by atoms with E-state index in [-0.39, 0.29) is 18.9 Å². The lowest BCUT2D eigenvalue weighted by atomic mass is 10.0. The quantitative estimate of drug-likeness (QED) is 0.401. The lowest BCUT2D eigenvalue weighted by Gasteiger charge is -2.20. The molecule has 2 heterocycles. The molecule has 1 saturated heterocycles. The fourth-order valence-corrected chi connectivity index (χ4v) is 3.85. The zero-order chi connectivity index (χ0) is 23.5. The van der Waals surface area contributed by atoms with Crippen molar-refractivity contribution in [2.45, 2.75) is 5.79 Å². The number of hydrogen-bond donors (Lipinski definition) is 5. The van der Waals surface area contributed by atoms with Gasteiger partial charge in [0, 0.05) is 22.6 Å². The van der Waals surface area contributed by atoms with Crippen molar-refractivity contribution in [1.82, 2.24) is 0 Å². The van der Waals surface area contributed by atoms with Crippen molar-refractivity contribution in [2.24, 2.45) is 0 Å². The summed E-state index contributed by atoms with van der Waals surface area (Å²) in [7, 11) is 0. The highest BCUT2D eigenvalue weighted by Crippen LogP contribution is 2.47. The van der Waals surface area contributed by atoms with Gasteiger partial charge in [0.2, 0.25) is 0 Å². The van der Waals surface area contributed by atoms with E-state index in [2.05, 4.69) is 26.6 Å². The molecule has 5 N–H and O–H groups in total. The molecule has 34 heavy (non-hydrogen) atoms. The first kappa shape index (κ1) is 21.4. The first-order chi connectivity index (χ1) is 16.5. The van der Waals surface area contributed by atoms with Crippen LogP contribution in [0.1, 0.15) is 5.56 Å². The Bertz CT molecular complexity index is 1240. The minimum Gasteiger partial charge on any atom is -0.336 e. The molecular formula is C24H21N5O5. The normalized spacial score (nSPS) is 15.4. The van der Waals surface area contributed by atoms with E-state index < -0.39 is 23.8 Å². The number of anilines is 5. The second kappa shape index (κ2) is 8.85. The summed E-state index contributed by atoms with van der Waals surface area (Å²) in [6.07, 6.45) is 0. The van der Waals surface area contributed by atoms with Gasteiger partial charge < -0.3 is 36.1 Å². The van der Waals surface area contributed by atoms with Crippen LogP contribution in [0.25, 0.3) is 0 Å². The van der Waals surface area contributed by atoms with E-state index in [0.29, 0.717) is 28.3 Å². The van der Waals surface area contributed by atoms with Crippen molar-refractivity contribution in [1.29, 1.82) is 0 Å². The van der Waals surface area contributed by atoms with Gasteiger partial charge in [0.25, 0.3) is 11.7 Å². The Morgan fingerprint density at radius 1 is 0.735 bits per heavy atom. The summed E-state index contributed by atoms with van der Waals surface area (Å²) in [6, 6.07) is 20.0. The van der Waals surface area contributed by atoms with Crippen molar-refractivity contribution >= 4 is 46.4 Å². The first-order valence-electron chi connectivity index (χ1n) is 10.6. The SMILES string of the molecule is O=C(Nc1ccccc1)Nc1cc(NC(=O)Nc2ccccc2)c2c(c1)C1(OCCO1)C(=O)N2. The standard InChI is InChI=1S/C24H21N5O5/c30-21-24(33-11-12-34-24)18-13-17(27-22(31)25-15-7-3-1-4-8-15)14-19(20(18)29-21)28-23(32)26-16-9-5-2-6-10-16/h1-10,13-14H,11-12H2,(H,29,30)(H2,25,27,31)(H2,26,28,32). The van der Waals surface area contributed by atoms with Crippen LogP contribution in [0.15, 0.2) is 72.8 Å². The zero-order valence-corrected chi connectivity index (χ0v) is 17.9. The van der Waals surface area contributed by atoms with Crippen molar-refractivity contribution in [3.63, 3.8) is 0 Å². The van der Waals surface area contributed by atoms with Crippen molar-refractivity contribution in [2.75, 3.05) is 39.8 Å². The highest BCUT2D eigenvalue weighted by Gasteiger charge is 2.53. The predicted octanol–water partition coefficient (Wildman–Crippen LogP) is 4.13. The molecule has 10 nitrogen and oxygen atoms in total. The predicted molar refractivity (Wildman–Crippen MR) is 127 cm³/mol. The summed E-state index contributed by atoms with van der Waals surface area (Å²) < 4.78 is 11.3. The van der Waals surface area contributed by atoms with Crippen molar-refractivity contribution in [3.05, 3.63) is 78.4 Å². The van der Waals surface area contributed by atoms with E-state index in [9.17, 15) is 14.4 Å². The number of nitrogens with one attached hydrogen (secondary N) is 5. The Labute approximate surface area is 194 Å². The van der Waals surface area contributed by atoms with Gasteiger partial charge >= 0.3 is 12.1 Å². The molecule has 0 radical (unpaired) electrons. The van der Waals surface area contributed by atoms with Crippen LogP contribution in [0.3, 0.4) is 0 Å². The highest BCUT2D eigenvalue weighted by molar-refractivity contribution is 6.12. The van der Waals surface area contributed by atoms with Gasteiger partial charge in [-0.25, -0.2) is 9.59 Å². The third kappa shape index (κ3) is 4.15. The third-order valence-electron chi connectivity index (χ3n) is 5.29. The molecule has 1 spiro atoms. The van der Waals surface area contributed by atoms with Crippen LogP contribution in [0, 0.1) is 0 Å². The van der Waals surface area contributed by atoms with Gasteiger partial charge in [0.15, 0.2) is 0 Å². The Morgan fingerprint density at radius 2 is 1.26 bits per heavy atom. The summed E-state index contributed by atoms with van der Waals surface area (Å²) in [5, 5.41) is 13.6. The van der Waals surface area contributed by atoms with Crippen LogP contribution >= 0.6 is 0 Å². The maximum Gasteiger partial charge on any atom is 0.323 e. The smallest absolute Gasteiger partial charge is 0.323 e. The number of ether oxygens (including phenoxy) is 2. The molecule has 0 saturated carbocycles. The molecule has 1 fully saturated rings. The van der Waals surface area contributed by atoms with E-state index in [0.717, 1.165) is 0 Å². The monoisotopic (exact) mass is 459 g/mol. The fraction of sp³-hybridized carbons (Fsp3) is 0.125. The molecule has 0 aliphatic carbocycles. The molecule has 172 valence electrons. The Hall–Kier alpha value is -4.41. The van der Waals surface area contributed by atoms with Crippen LogP contribution in [-0.2, 0) is 20.1 Å². The molecule has 2 aliphatic rings. The third-order valence-corrected chi connectivity index (χ3v) is 5.29. The Kier molecular flexibility index (Phi) is 5.58. The van der Waals surface area contributed by atoms with E-state index in [1.165, 1.54) is 0 Å². The first-order valence-corrected chi connectivity index (χ1v) is 10.6. The fourth-order valence-electron chi connectivity index (χ4n) is 3.85. The van der Waals surface area contributed by atoms with Crippen LogP contribution in [0.4, 0.5) is 38.0 Å². The van der Waals surface area contributed by atoms with Gasteiger partial charge in [-0.05, 0) is 36.4 Å². The highest BCUT2D eigenvalue weighted by atomic mass is 16.7. The Morgan fingerprint density at radius 3 is 1.85 bits per heavy atom. The number of benzene rings is 3. The molecule has 0 aromatic heterocycles. The summed E-state index contributed by atoms with van der Waals surface area (Å²) in [5.74, 6) is -2.13. The number of fused-ring (bicyclic) bond motifs is 2. The molecule has 10 heteroatoms. The second-order valence-electron chi connectivity index (χ2n) is 7.60. The van der Waals surface area contributed by atoms with Crippen LogP contribution in [-0.4, -0.2) is 31.2 Å². The summed E-state index contributed by atoms with van der Waals surface area (Å²) >= 11 is 0. The summed E-state index contributed by atoms with van der Waals surface area (Å²) in [6.45, 7) is 0.465. The number of para-hydroxylation sites is 2. The number of urea groups is 2. The number of carbonyl (C=O) groups excluding carboxylic acids is 3. The topological polar surface area (TPSA) is 130 Å². The van der Waals surface area contributed by atoms with Crippen LogP contribution < -0.4 is 26.6 Å². The molecular weight excluding hydrogens is 438 g/mol. The number of amides is 5. The van der Waals surface area contributed by atoms with Crippen molar-refractivity contribution in [3.8, 4) is 0 Å². The molecule has 5 rings (SSSR count). The van der Waals surface area contributed by atoms with Crippen molar-refractivity contribution < 1.29 is 23.9 Å². The van der Waals surface area contributed by atoms with E-state index >= 15 is 0 Å². The average molecular weight is 459 g/mol. The maximum atomic E-state index is 12.8. The second-order valence-corrected chi connectivity index (χ2v) is 7.60. The Balaban J connectivity index is 1.44. The van der Waals surface area contributed by atoms with E-state index in [1.807, 2.05) is 12.1 Å². The molecule has 0 unspecified atom stereocenters. The largest absolute Gasteiger partial charge is 0.336 e. The lowest BCUT2D eigenvalue weighted by molar-refractivity contribution is -0.178. The molecule has 2 aliphatic heterocycles. The number of carbonyl (C=O) groups is 3. The van der Waals surface area contributed by atoms with Gasteiger partial charge in [-0.15, -0.1) is 0 Å². The zero-order valence-electron chi connectivity index (χ0n) is 17.9. The molecule has 5 amide bonds. The van der Waals surface area contributed by atoms with Gasteiger partial charge in [-0.3, -0.25) is 4.79 Å².